The molecule has 0 bridgehead atoms. The zero-order chi connectivity index (χ0) is 11.7. The standard InChI is InChI=1S/C12H9ClO3/c1-7-6-10(12(14)15)11(16-7)8-2-4-9(13)5-3-8/h2-6H,1H3,(H,14,15). The monoisotopic (exact) mass is 236 g/mol. The number of hydrogen-bond acceptors (Lipinski definition) is 2. The zero-order valence-electron chi connectivity index (χ0n) is 8.53. The molecule has 0 aliphatic heterocycles. The number of carbonyl (C=O) groups is 1. The Kier molecular flexibility index (Phi) is 2.71. The van der Waals surface area contributed by atoms with E-state index in [1.54, 1.807) is 31.2 Å². The second-order valence-corrected chi connectivity index (χ2v) is 3.85. The zero-order valence-corrected chi connectivity index (χ0v) is 9.28. The van der Waals surface area contributed by atoms with Crippen LogP contribution in [0.25, 0.3) is 11.3 Å². The minimum Gasteiger partial charge on any atom is -0.478 e. The average Bonchev–Trinajstić information content (AvgIpc) is 2.61. The van der Waals surface area contributed by atoms with Crippen LogP contribution >= 0.6 is 11.6 Å². The van der Waals surface area contributed by atoms with Gasteiger partial charge in [0.05, 0.1) is 0 Å². The highest BCUT2D eigenvalue weighted by atomic mass is 35.5. The maximum absolute atomic E-state index is 11.0. The molecule has 0 aliphatic rings. The van der Waals surface area contributed by atoms with Gasteiger partial charge in [0.2, 0.25) is 0 Å². The van der Waals surface area contributed by atoms with E-state index >= 15 is 0 Å². The highest BCUT2D eigenvalue weighted by molar-refractivity contribution is 6.30. The second-order valence-electron chi connectivity index (χ2n) is 3.41. The SMILES string of the molecule is Cc1cc(C(=O)O)c(-c2ccc(Cl)cc2)o1. The predicted octanol–water partition coefficient (Wildman–Crippen LogP) is 3.61. The Labute approximate surface area is 97.3 Å². The van der Waals surface area contributed by atoms with Gasteiger partial charge < -0.3 is 9.52 Å². The molecule has 2 aromatic rings. The Morgan fingerprint density at radius 1 is 1.31 bits per heavy atom. The topological polar surface area (TPSA) is 50.4 Å². The summed E-state index contributed by atoms with van der Waals surface area (Å²) in [5, 5.41) is 9.61. The summed E-state index contributed by atoms with van der Waals surface area (Å²) in [6, 6.07) is 8.35. The van der Waals surface area contributed by atoms with Crippen LogP contribution in [0.3, 0.4) is 0 Å². The van der Waals surface area contributed by atoms with E-state index in [9.17, 15) is 4.79 Å². The summed E-state index contributed by atoms with van der Waals surface area (Å²) in [6.45, 7) is 1.71. The Morgan fingerprint density at radius 3 is 2.50 bits per heavy atom. The number of benzene rings is 1. The molecule has 0 atom stereocenters. The first kappa shape index (κ1) is 10.8. The minimum atomic E-state index is -0.998. The number of rotatable bonds is 2. The van der Waals surface area contributed by atoms with Crippen LogP contribution in [0.15, 0.2) is 34.7 Å². The summed E-state index contributed by atoms with van der Waals surface area (Å²) in [7, 11) is 0. The molecule has 1 N–H and O–H groups in total. The number of furan rings is 1. The van der Waals surface area contributed by atoms with E-state index in [0.29, 0.717) is 22.1 Å². The third-order valence-electron chi connectivity index (χ3n) is 2.19. The smallest absolute Gasteiger partial charge is 0.339 e. The summed E-state index contributed by atoms with van der Waals surface area (Å²) >= 11 is 5.76. The molecule has 1 aromatic heterocycles. The highest BCUT2D eigenvalue weighted by Crippen LogP contribution is 2.28. The summed E-state index contributed by atoms with van der Waals surface area (Å²) < 4.78 is 5.38. The van der Waals surface area contributed by atoms with Gasteiger partial charge >= 0.3 is 5.97 Å². The maximum Gasteiger partial charge on any atom is 0.339 e. The Balaban J connectivity index is 2.55. The largest absolute Gasteiger partial charge is 0.478 e. The van der Waals surface area contributed by atoms with Crippen LogP contribution in [-0.2, 0) is 0 Å². The van der Waals surface area contributed by atoms with Crippen LogP contribution < -0.4 is 0 Å². The number of carboxylic acids is 1. The quantitative estimate of drug-likeness (QED) is 0.867. The Hall–Kier alpha value is -1.74. The van der Waals surface area contributed by atoms with Gasteiger partial charge in [-0.05, 0) is 37.3 Å². The van der Waals surface area contributed by atoms with Gasteiger partial charge in [0.15, 0.2) is 0 Å². The molecule has 2 rings (SSSR count). The normalized spacial score (nSPS) is 10.4. The molecular weight excluding hydrogens is 228 g/mol. The second kappa shape index (κ2) is 4.02. The summed E-state index contributed by atoms with van der Waals surface area (Å²) in [5.41, 5.74) is 0.870. The van der Waals surface area contributed by atoms with Gasteiger partial charge in [0.1, 0.15) is 17.1 Å². The van der Waals surface area contributed by atoms with Crippen molar-refractivity contribution in [2.24, 2.45) is 0 Å². The Bertz CT molecular complexity index is 526. The van der Waals surface area contributed by atoms with Crippen molar-refractivity contribution in [2.75, 3.05) is 0 Å². The average molecular weight is 237 g/mol. The fourth-order valence-corrected chi connectivity index (χ4v) is 1.61. The number of aromatic carboxylic acids is 1. The van der Waals surface area contributed by atoms with E-state index in [4.69, 9.17) is 21.1 Å². The molecule has 0 aliphatic carbocycles. The molecule has 3 nitrogen and oxygen atoms in total. The van der Waals surface area contributed by atoms with Crippen molar-refractivity contribution in [1.29, 1.82) is 0 Å². The van der Waals surface area contributed by atoms with Crippen molar-refractivity contribution in [1.82, 2.24) is 0 Å². The third-order valence-corrected chi connectivity index (χ3v) is 2.44. The summed E-state index contributed by atoms with van der Waals surface area (Å²) in [6.07, 6.45) is 0. The molecule has 1 aromatic carbocycles. The number of halogens is 1. The fourth-order valence-electron chi connectivity index (χ4n) is 1.49. The van der Waals surface area contributed by atoms with Crippen molar-refractivity contribution in [3.63, 3.8) is 0 Å². The van der Waals surface area contributed by atoms with Gasteiger partial charge in [0.25, 0.3) is 0 Å². The molecule has 0 saturated heterocycles. The van der Waals surface area contributed by atoms with E-state index < -0.39 is 5.97 Å². The lowest BCUT2D eigenvalue weighted by atomic mass is 10.1. The summed E-state index contributed by atoms with van der Waals surface area (Å²) in [4.78, 5) is 11.0. The minimum absolute atomic E-state index is 0.167. The predicted molar refractivity (Wildman–Crippen MR) is 60.9 cm³/mol. The first-order chi connectivity index (χ1) is 7.58. The molecule has 0 fully saturated rings. The van der Waals surface area contributed by atoms with E-state index in [2.05, 4.69) is 0 Å². The van der Waals surface area contributed by atoms with E-state index in [-0.39, 0.29) is 5.56 Å². The van der Waals surface area contributed by atoms with Gasteiger partial charge in [-0.25, -0.2) is 4.79 Å². The van der Waals surface area contributed by atoms with Crippen molar-refractivity contribution < 1.29 is 14.3 Å². The van der Waals surface area contributed by atoms with E-state index in [0.717, 1.165) is 0 Å². The van der Waals surface area contributed by atoms with Gasteiger partial charge in [-0.1, -0.05) is 11.6 Å². The van der Waals surface area contributed by atoms with Crippen LogP contribution in [0.5, 0.6) is 0 Å². The maximum atomic E-state index is 11.0. The highest BCUT2D eigenvalue weighted by Gasteiger charge is 2.16. The number of carboxylic acid groups (broad SMARTS) is 1. The molecule has 0 spiro atoms. The molecule has 4 heteroatoms. The van der Waals surface area contributed by atoms with Crippen LogP contribution in [-0.4, -0.2) is 11.1 Å². The van der Waals surface area contributed by atoms with Gasteiger partial charge in [0, 0.05) is 10.6 Å². The lowest BCUT2D eigenvalue weighted by molar-refractivity contribution is 0.0697. The first-order valence-corrected chi connectivity index (χ1v) is 5.05. The van der Waals surface area contributed by atoms with Crippen molar-refractivity contribution in [2.45, 2.75) is 6.92 Å². The number of hydrogen-bond donors (Lipinski definition) is 1. The molecule has 0 unspecified atom stereocenters. The van der Waals surface area contributed by atoms with Crippen LogP contribution in [0.4, 0.5) is 0 Å². The molecule has 0 amide bonds. The van der Waals surface area contributed by atoms with Crippen molar-refractivity contribution >= 4 is 17.6 Å². The van der Waals surface area contributed by atoms with Crippen LogP contribution in [0.1, 0.15) is 16.1 Å². The number of aryl methyl sites for hydroxylation is 1. The molecule has 16 heavy (non-hydrogen) atoms. The van der Waals surface area contributed by atoms with Gasteiger partial charge in [-0.2, -0.15) is 0 Å². The van der Waals surface area contributed by atoms with Gasteiger partial charge in [-0.3, -0.25) is 0 Å². The molecule has 82 valence electrons. The van der Waals surface area contributed by atoms with E-state index in [1.165, 1.54) is 6.07 Å². The lowest BCUT2D eigenvalue weighted by Crippen LogP contribution is -1.95. The van der Waals surface area contributed by atoms with Crippen LogP contribution in [0.2, 0.25) is 5.02 Å². The van der Waals surface area contributed by atoms with Crippen LogP contribution in [0, 0.1) is 6.92 Å². The summed E-state index contributed by atoms with van der Waals surface area (Å²) in [5.74, 6) is -0.0641. The lowest BCUT2D eigenvalue weighted by Gasteiger charge is -1.99. The fraction of sp³-hybridized carbons (Fsp3) is 0.0833. The van der Waals surface area contributed by atoms with Crippen molar-refractivity contribution in [3.8, 4) is 11.3 Å². The Morgan fingerprint density at radius 2 is 1.94 bits per heavy atom. The van der Waals surface area contributed by atoms with Gasteiger partial charge in [-0.15, -0.1) is 0 Å². The third kappa shape index (κ3) is 1.95. The molecular formula is C12H9ClO3. The molecule has 0 radical (unpaired) electrons. The van der Waals surface area contributed by atoms with E-state index in [1.807, 2.05) is 0 Å². The molecule has 0 saturated carbocycles. The first-order valence-electron chi connectivity index (χ1n) is 4.67. The molecule has 1 heterocycles. The van der Waals surface area contributed by atoms with Crippen molar-refractivity contribution in [3.05, 3.63) is 46.7 Å².